The van der Waals surface area contributed by atoms with Crippen molar-refractivity contribution in [3.8, 4) is 6.07 Å². The third-order valence-electron chi connectivity index (χ3n) is 4.25. The molecule has 0 unspecified atom stereocenters. The number of hydrogen-bond donors (Lipinski definition) is 1. The summed E-state index contributed by atoms with van der Waals surface area (Å²) in [7, 11) is -3.15. The Labute approximate surface area is 171 Å². The summed E-state index contributed by atoms with van der Waals surface area (Å²) in [6.45, 7) is 6.68. The van der Waals surface area contributed by atoms with Crippen molar-refractivity contribution in [3.63, 3.8) is 0 Å². The van der Waals surface area contributed by atoms with Crippen LogP contribution in [0.2, 0.25) is 0 Å². The molecule has 0 radical (unpaired) electrons. The maximum absolute atomic E-state index is 13.9. The van der Waals surface area contributed by atoms with Crippen molar-refractivity contribution in [2.24, 2.45) is 4.99 Å². The van der Waals surface area contributed by atoms with Gasteiger partial charge in [-0.2, -0.15) is 5.26 Å². The number of nitriles is 1. The fraction of sp³-hybridized carbons (Fsp3) is 0.529. The van der Waals surface area contributed by atoms with Crippen molar-refractivity contribution < 1.29 is 12.8 Å². The Balaban J connectivity index is 0.00000338. The molecule has 9 heteroatoms. The second kappa shape index (κ2) is 8.99. The lowest BCUT2D eigenvalue weighted by Gasteiger charge is -2.39. The van der Waals surface area contributed by atoms with E-state index in [-0.39, 0.29) is 36.3 Å². The van der Waals surface area contributed by atoms with Crippen molar-refractivity contribution >= 4 is 39.8 Å². The molecule has 0 spiro atoms. The van der Waals surface area contributed by atoms with Gasteiger partial charge in [0.2, 0.25) is 0 Å². The summed E-state index contributed by atoms with van der Waals surface area (Å²) in [5.74, 6) is 0.190. The van der Waals surface area contributed by atoms with Crippen molar-refractivity contribution in [2.45, 2.75) is 32.1 Å². The number of rotatable bonds is 3. The molecule has 2 rings (SSSR count). The van der Waals surface area contributed by atoms with E-state index in [4.69, 9.17) is 5.26 Å². The maximum Gasteiger partial charge on any atom is 0.194 e. The molecule has 1 aliphatic rings. The number of hydrogen-bond acceptors (Lipinski definition) is 4. The molecule has 26 heavy (non-hydrogen) atoms. The molecule has 1 aromatic rings. The molecule has 0 saturated carbocycles. The molecule has 1 aromatic carbocycles. The van der Waals surface area contributed by atoms with Gasteiger partial charge in [-0.25, -0.2) is 17.8 Å². The first kappa shape index (κ1) is 22.6. The largest absolute Gasteiger partial charge is 0.357 e. The van der Waals surface area contributed by atoms with Crippen LogP contribution in [0.15, 0.2) is 23.2 Å². The molecule has 0 aromatic heterocycles. The summed E-state index contributed by atoms with van der Waals surface area (Å²) in [4.78, 5) is 6.33. The summed E-state index contributed by atoms with van der Waals surface area (Å²) >= 11 is 0. The zero-order valence-electron chi connectivity index (χ0n) is 15.1. The third kappa shape index (κ3) is 5.07. The highest BCUT2D eigenvalue weighted by Crippen LogP contribution is 2.24. The molecule has 0 atom stereocenters. The van der Waals surface area contributed by atoms with Crippen LogP contribution in [0.4, 0.5) is 4.39 Å². The minimum Gasteiger partial charge on any atom is -0.357 e. The molecule has 144 valence electrons. The normalized spacial score (nSPS) is 18.6. The van der Waals surface area contributed by atoms with Gasteiger partial charge in [0.05, 0.1) is 28.7 Å². The van der Waals surface area contributed by atoms with E-state index in [0.29, 0.717) is 36.7 Å². The van der Waals surface area contributed by atoms with E-state index < -0.39 is 20.4 Å². The van der Waals surface area contributed by atoms with E-state index in [0.717, 1.165) is 0 Å². The molecular weight excluding hydrogens is 470 g/mol. The Morgan fingerprint density at radius 3 is 2.73 bits per heavy atom. The van der Waals surface area contributed by atoms with Crippen LogP contribution >= 0.6 is 24.0 Å². The summed E-state index contributed by atoms with van der Waals surface area (Å²) in [6.07, 6.45) is 0. The van der Waals surface area contributed by atoms with E-state index in [1.807, 2.05) is 17.9 Å². The van der Waals surface area contributed by atoms with Gasteiger partial charge < -0.3 is 10.2 Å². The Kier molecular flexibility index (Phi) is 7.83. The molecular formula is C17H24FIN4O2S. The van der Waals surface area contributed by atoms with Crippen LogP contribution in [-0.2, 0) is 16.4 Å². The lowest BCUT2D eigenvalue weighted by atomic mass is 10.1. The van der Waals surface area contributed by atoms with Gasteiger partial charge in [0, 0.05) is 25.2 Å². The Bertz CT molecular complexity index is 819. The molecule has 1 fully saturated rings. The standard InChI is InChI=1S/C17H23FN4O2S.HI/c1-4-20-16(22-7-8-25(23,24)17(2,3)12-22)21-11-14-9-13(10-19)5-6-15(14)18;/h5-6,9H,4,7-8,11-12H2,1-3H3,(H,20,21);1H. The quantitative estimate of drug-likeness (QED) is 0.396. The van der Waals surface area contributed by atoms with Gasteiger partial charge in [-0.3, -0.25) is 0 Å². The highest BCUT2D eigenvalue weighted by molar-refractivity contribution is 14.0. The minimum atomic E-state index is -3.15. The lowest BCUT2D eigenvalue weighted by Crippen LogP contribution is -2.57. The van der Waals surface area contributed by atoms with Gasteiger partial charge in [0.15, 0.2) is 15.8 Å². The fourth-order valence-electron chi connectivity index (χ4n) is 2.68. The Hall–Kier alpha value is -1.41. The molecule has 0 bridgehead atoms. The SMILES string of the molecule is CCNC(=NCc1cc(C#N)ccc1F)N1CCS(=O)(=O)C(C)(C)C1.I. The first-order valence-corrected chi connectivity index (χ1v) is 9.79. The lowest BCUT2D eigenvalue weighted by molar-refractivity contribution is 0.353. The van der Waals surface area contributed by atoms with Crippen molar-refractivity contribution in [2.75, 3.05) is 25.4 Å². The number of nitrogens with one attached hydrogen (secondary N) is 1. The number of nitrogens with zero attached hydrogens (tertiary/aromatic N) is 3. The molecule has 1 aliphatic heterocycles. The summed E-state index contributed by atoms with van der Waals surface area (Å²) in [5.41, 5.74) is 0.708. The smallest absolute Gasteiger partial charge is 0.194 e. The van der Waals surface area contributed by atoms with E-state index in [2.05, 4.69) is 10.3 Å². The van der Waals surface area contributed by atoms with Gasteiger partial charge >= 0.3 is 0 Å². The zero-order chi connectivity index (χ0) is 18.7. The van der Waals surface area contributed by atoms with Crippen LogP contribution in [0.1, 0.15) is 31.9 Å². The van der Waals surface area contributed by atoms with Gasteiger partial charge in [-0.15, -0.1) is 24.0 Å². The number of aliphatic imine (C=N–C) groups is 1. The second-order valence-electron chi connectivity index (χ2n) is 6.59. The predicted octanol–water partition coefficient (Wildman–Crippen LogP) is 2.29. The molecule has 1 saturated heterocycles. The third-order valence-corrected chi connectivity index (χ3v) is 6.78. The van der Waals surface area contributed by atoms with Gasteiger partial charge in [0.25, 0.3) is 0 Å². The van der Waals surface area contributed by atoms with Gasteiger partial charge in [-0.05, 0) is 39.0 Å². The monoisotopic (exact) mass is 494 g/mol. The predicted molar refractivity (Wildman–Crippen MR) is 111 cm³/mol. The minimum absolute atomic E-state index is 0. The van der Waals surface area contributed by atoms with E-state index >= 15 is 0 Å². The van der Waals surface area contributed by atoms with E-state index in [1.54, 1.807) is 13.8 Å². The van der Waals surface area contributed by atoms with Crippen LogP contribution < -0.4 is 5.32 Å². The molecule has 0 aliphatic carbocycles. The van der Waals surface area contributed by atoms with Crippen LogP contribution in [0.5, 0.6) is 0 Å². The first-order chi connectivity index (χ1) is 11.7. The summed E-state index contributed by atoms with van der Waals surface area (Å²) in [5, 5.41) is 12.1. The zero-order valence-corrected chi connectivity index (χ0v) is 18.3. The molecule has 1 heterocycles. The Morgan fingerprint density at radius 1 is 1.46 bits per heavy atom. The first-order valence-electron chi connectivity index (χ1n) is 8.14. The maximum atomic E-state index is 13.9. The average molecular weight is 494 g/mol. The van der Waals surface area contributed by atoms with E-state index in [9.17, 15) is 12.8 Å². The second-order valence-corrected chi connectivity index (χ2v) is 9.33. The van der Waals surface area contributed by atoms with Crippen LogP contribution in [0.25, 0.3) is 0 Å². The van der Waals surface area contributed by atoms with Crippen molar-refractivity contribution in [1.29, 1.82) is 5.26 Å². The van der Waals surface area contributed by atoms with Crippen molar-refractivity contribution in [3.05, 3.63) is 35.1 Å². The fourth-order valence-corrected chi connectivity index (χ4v) is 4.04. The molecule has 0 amide bonds. The molecule has 6 nitrogen and oxygen atoms in total. The summed E-state index contributed by atoms with van der Waals surface area (Å²) in [6, 6.07) is 6.14. The number of guanidine groups is 1. The van der Waals surface area contributed by atoms with Crippen LogP contribution in [0.3, 0.4) is 0 Å². The Morgan fingerprint density at radius 2 is 2.15 bits per heavy atom. The van der Waals surface area contributed by atoms with Crippen LogP contribution in [-0.4, -0.2) is 49.4 Å². The number of sulfone groups is 1. The number of halogens is 2. The molecule has 1 N–H and O–H groups in total. The topological polar surface area (TPSA) is 85.6 Å². The highest BCUT2D eigenvalue weighted by Gasteiger charge is 2.40. The summed E-state index contributed by atoms with van der Waals surface area (Å²) < 4.78 is 37.4. The van der Waals surface area contributed by atoms with Gasteiger partial charge in [0.1, 0.15) is 5.82 Å². The van der Waals surface area contributed by atoms with E-state index in [1.165, 1.54) is 18.2 Å². The van der Waals surface area contributed by atoms with Gasteiger partial charge in [-0.1, -0.05) is 0 Å². The van der Waals surface area contributed by atoms with Crippen LogP contribution in [0, 0.1) is 17.1 Å². The average Bonchev–Trinajstić information content (AvgIpc) is 2.55. The van der Waals surface area contributed by atoms with Crippen molar-refractivity contribution in [1.82, 2.24) is 10.2 Å². The number of benzene rings is 1. The highest BCUT2D eigenvalue weighted by atomic mass is 127.